The van der Waals surface area contributed by atoms with Crippen LogP contribution in [0.5, 0.6) is 11.5 Å². The van der Waals surface area contributed by atoms with Crippen LogP contribution < -0.4 is 9.47 Å². The summed E-state index contributed by atoms with van der Waals surface area (Å²) in [5, 5.41) is 0. The fourth-order valence-corrected chi connectivity index (χ4v) is 6.00. The van der Waals surface area contributed by atoms with E-state index in [1.165, 1.54) is 0 Å². The van der Waals surface area contributed by atoms with Gasteiger partial charge in [0.15, 0.2) is 0 Å². The number of benzene rings is 2. The van der Waals surface area contributed by atoms with Crippen LogP contribution in [-0.2, 0) is 24.4 Å². The molecule has 0 saturated heterocycles. The summed E-state index contributed by atoms with van der Waals surface area (Å²) in [6.45, 7) is 14.6. The van der Waals surface area contributed by atoms with Crippen molar-refractivity contribution in [1.29, 1.82) is 0 Å². The van der Waals surface area contributed by atoms with Gasteiger partial charge in [-0.1, -0.05) is 27.0 Å². The first-order chi connectivity index (χ1) is 18.2. The van der Waals surface area contributed by atoms with Crippen molar-refractivity contribution in [2.75, 3.05) is 26.4 Å². The van der Waals surface area contributed by atoms with Crippen LogP contribution in [0.2, 0.25) is 0 Å². The number of ether oxygens (including phenoxy) is 6. The lowest BCUT2D eigenvalue weighted by atomic mass is 9.78. The van der Waals surface area contributed by atoms with Crippen LogP contribution in [0.15, 0.2) is 66.8 Å². The summed E-state index contributed by atoms with van der Waals surface area (Å²) in [4.78, 5) is 22.9. The second-order valence-electron chi connectivity index (χ2n) is 8.67. The van der Waals surface area contributed by atoms with Crippen molar-refractivity contribution in [2.45, 2.75) is 33.1 Å². The van der Waals surface area contributed by atoms with E-state index in [1.807, 2.05) is 24.3 Å². The van der Waals surface area contributed by atoms with Crippen molar-refractivity contribution in [3.05, 3.63) is 78.0 Å². The van der Waals surface area contributed by atoms with Crippen LogP contribution in [0.3, 0.4) is 0 Å². The molecule has 0 amide bonds. The minimum absolute atomic E-state index is 0.0133. The van der Waals surface area contributed by atoms with Gasteiger partial charge in [0.05, 0.1) is 17.9 Å². The summed E-state index contributed by atoms with van der Waals surface area (Å²) < 4.78 is 33.9. The first-order valence-corrected chi connectivity index (χ1v) is 14.6. The molecule has 0 unspecified atom stereocenters. The number of hydrogen-bond acceptors (Lipinski definition) is 8. The maximum atomic E-state index is 11.5. The van der Waals surface area contributed by atoms with Gasteiger partial charge in [-0.05, 0) is 113 Å². The van der Waals surface area contributed by atoms with Crippen LogP contribution in [0.4, 0.5) is 9.59 Å². The summed E-state index contributed by atoms with van der Waals surface area (Å²) in [5.41, 5.74) is 1.59. The SMILES string of the molecule is C=C(C)OC(=O)OCCOc1c(Br)cc(C(C)(C)c2cc(Br)c(OCCOC(=O)OC(=C)C)c(Br)c2)cc1Br. The second kappa shape index (κ2) is 15.1. The number of carbonyl (C=O) groups excluding carboxylic acids is 2. The molecule has 0 spiro atoms. The molecule has 2 aromatic rings. The highest BCUT2D eigenvalue weighted by Crippen LogP contribution is 2.44. The Labute approximate surface area is 261 Å². The number of hydrogen-bond donors (Lipinski definition) is 0. The van der Waals surface area contributed by atoms with E-state index in [-0.39, 0.29) is 37.9 Å². The van der Waals surface area contributed by atoms with Crippen LogP contribution in [-0.4, -0.2) is 38.7 Å². The van der Waals surface area contributed by atoms with Gasteiger partial charge in [0.25, 0.3) is 0 Å². The maximum Gasteiger partial charge on any atom is 0.513 e. The van der Waals surface area contributed by atoms with Crippen LogP contribution in [0.25, 0.3) is 0 Å². The van der Waals surface area contributed by atoms with E-state index in [2.05, 4.69) is 90.7 Å². The minimum atomic E-state index is -0.827. The van der Waals surface area contributed by atoms with E-state index in [1.54, 1.807) is 13.8 Å². The van der Waals surface area contributed by atoms with Crippen LogP contribution in [0.1, 0.15) is 38.8 Å². The zero-order valence-corrected chi connectivity index (χ0v) is 28.2. The Morgan fingerprint density at radius 2 is 0.974 bits per heavy atom. The fraction of sp³-hybridized carbons (Fsp3) is 0.333. The summed E-state index contributed by atoms with van der Waals surface area (Å²) in [6.07, 6.45) is -1.65. The van der Waals surface area contributed by atoms with Crippen molar-refractivity contribution >= 4 is 76.0 Å². The van der Waals surface area contributed by atoms with Gasteiger partial charge in [0.1, 0.15) is 49.4 Å². The molecule has 0 saturated carbocycles. The van der Waals surface area contributed by atoms with Gasteiger partial charge in [-0.15, -0.1) is 0 Å². The third-order valence-electron chi connectivity index (χ3n) is 5.05. The Morgan fingerprint density at radius 3 is 1.26 bits per heavy atom. The topological polar surface area (TPSA) is 89.5 Å². The standard InChI is InChI=1S/C27H28Br4O8/c1-15(2)38-25(32)36-9-7-34-23-19(28)11-17(12-20(23)29)27(5,6)18-13-21(30)24(22(31)14-18)35-8-10-37-26(33)39-16(3)4/h11-14H,1,3,7-10H2,2,4-6H3. The Kier molecular flexibility index (Phi) is 12.9. The quantitative estimate of drug-likeness (QED) is 0.119. The Bertz CT molecular complexity index is 1100. The molecule has 0 aliphatic rings. The molecule has 0 aliphatic carbocycles. The largest absolute Gasteiger partial charge is 0.513 e. The molecule has 212 valence electrons. The predicted octanol–water partition coefficient (Wildman–Crippen LogP) is 9.19. The molecule has 0 atom stereocenters. The first-order valence-electron chi connectivity index (χ1n) is 11.5. The molecule has 8 nitrogen and oxygen atoms in total. The van der Waals surface area contributed by atoms with Gasteiger partial charge >= 0.3 is 12.3 Å². The molecule has 0 heterocycles. The molecule has 39 heavy (non-hydrogen) atoms. The summed E-state index contributed by atoms with van der Waals surface area (Å²) in [5.74, 6) is 1.65. The smallest absolute Gasteiger partial charge is 0.488 e. The van der Waals surface area contributed by atoms with Gasteiger partial charge in [0, 0.05) is 5.41 Å². The van der Waals surface area contributed by atoms with Gasteiger partial charge in [-0.25, -0.2) is 9.59 Å². The summed E-state index contributed by atoms with van der Waals surface area (Å²) in [7, 11) is 0. The van der Waals surface area contributed by atoms with Gasteiger partial charge in [-0.3, -0.25) is 0 Å². The van der Waals surface area contributed by atoms with E-state index in [0.29, 0.717) is 11.5 Å². The molecule has 2 rings (SSSR count). The van der Waals surface area contributed by atoms with Crippen molar-refractivity contribution in [3.8, 4) is 11.5 Å². The van der Waals surface area contributed by atoms with E-state index < -0.39 is 17.7 Å². The molecule has 0 fully saturated rings. The fourth-order valence-electron chi connectivity index (χ4n) is 3.16. The molecule has 0 radical (unpaired) electrons. The molecule has 12 heteroatoms. The summed E-state index contributed by atoms with van der Waals surface area (Å²) in [6, 6.07) is 7.90. The van der Waals surface area contributed by atoms with Gasteiger partial charge in [0.2, 0.25) is 0 Å². The van der Waals surface area contributed by atoms with Crippen molar-refractivity contribution in [1.82, 2.24) is 0 Å². The molecule has 0 aromatic heterocycles. The molecular weight excluding hydrogens is 772 g/mol. The van der Waals surface area contributed by atoms with Crippen molar-refractivity contribution in [3.63, 3.8) is 0 Å². The molecule has 0 bridgehead atoms. The van der Waals surface area contributed by atoms with E-state index in [4.69, 9.17) is 28.4 Å². The molecule has 0 N–H and O–H groups in total. The highest BCUT2D eigenvalue weighted by Gasteiger charge is 2.27. The number of carbonyl (C=O) groups is 2. The lowest BCUT2D eigenvalue weighted by Gasteiger charge is -2.28. The second-order valence-corrected chi connectivity index (χ2v) is 12.1. The van der Waals surface area contributed by atoms with Crippen LogP contribution in [0, 0.1) is 0 Å². The summed E-state index contributed by atoms with van der Waals surface area (Å²) >= 11 is 14.4. The minimum Gasteiger partial charge on any atom is -0.488 e. The van der Waals surface area contributed by atoms with Crippen molar-refractivity contribution < 1.29 is 38.0 Å². The average Bonchev–Trinajstić information content (AvgIpc) is 2.80. The van der Waals surface area contributed by atoms with E-state index in [0.717, 1.165) is 29.0 Å². The monoisotopic (exact) mass is 796 g/mol. The Hall–Kier alpha value is -2.02. The zero-order chi connectivity index (χ0) is 29.3. The third-order valence-corrected chi connectivity index (χ3v) is 7.41. The van der Waals surface area contributed by atoms with Gasteiger partial charge < -0.3 is 28.4 Å². The predicted molar refractivity (Wildman–Crippen MR) is 161 cm³/mol. The maximum absolute atomic E-state index is 11.5. The van der Waals surface area contributed by atoms with E-state index >= 15 is 0 Å². The molecule has 2 aromatic carbocycles. The third kappa shape index (κ3) is 10.1. The Morgan fingerprint density at radius 1 is 0.667 bits per heavy atom. The van der Waals surface area contributed by atoms with Crippen LogP contribution >= 0.6 is 63.7 Å². The highest BCUT2D eigenvalue weighted by molar-refractivity contribution is 9.11. The lowest BCUT2D eigenvalue weighted by molar-refractivity contribution is 0.0651. The zero-order valence-electron chi connectivity index (χ0n) is 21.8. The van der Waals surface area contributed by atoms with E-state index in [9.17, 15) is 9.59 Å². The normalized spacial score (nSPS) is 10.9. The highest BCUT2D eigenvalue weighted by atomic mass is 79.9. The number of rotatable bonds is 12. The van der Waals surface area contributed by atoms with Gasteiger partial charge in [-0.2, -0.15) is 0 Å². The lowest BCUT2D eigenvalue weighted by Crippen LogP contribution is -2.20. The molecular formula is C27H28Br4O8. The molecule has 0 aliphatic heterocycles. The average molecular weight is 800 g/mol. The number of allylic oxidation sites excluding steroid dienone is 2. The number of halogens is 4. The van der Waals surface area contributed by atoms with Crippen molar-refractivity contribution in [2.24, 2.45) is 0 Å². The Balaban J connectivity index is 2.09. The first kappa shape index (κ1) is 33.2.